The topological polar surface area (TPSA) is 95.1 Å². The minimum Gasteiger partial charge on any atom is -0.491 e. The van der Waals surface area contributed by atoms with E-state index in [4.69, 9.17) is 4.74 Å². The van der Waals surface area contributed by atoms with Gasteiger partial charge < -0.3 is 24.8 Å². The van der Waals surface area contributed by atoms with Crippen molar-refractivity contribution in [2.75, 3.05) is 50.1 Å². The van der Waals surface area contributed by atoms with E-state index in [1.165, 1.54) is 12.8 Å². The zero-order chi connectivity index (χ0) is 24.6. The minimum atomic E-state index is 0.576. The fourth-order valence-corrected chi connectivity index (χ4v) is 4.90. The number of hydrogen-bond acceptors (Lipinski definition) is 8. The van der Waals surface area contributed by atoms with Crippen LogP contribution in [0, 0.1) is 6.92 Å². The SMILES string of the molecule is CNCCN(C)c1ncnc(N2CCOc3ccc(-c4cnc5nc(C6CC6)[nH]c5c4)cc3C2)c1C. The lowest BCUT2D eigenvalue weighted by Gasteiger charge is -2.26. The maximum Gasteiger partial charge on any atom is 0.177 e. The Morgan fingerprint density at radius 2 is 2.06 bits per heavy atom. The van der Waals surface area contributed by atoms with E-state index >= 15 is 0 Å². The smallest absolute Gasteiger partial charge is 0.177 e. The lowest BCUT2D eigenvalue weighted by atomic mass is 10.0. The number of H-pyrrole nitrogens is 1. The Bertz CT molecular complexity index is 1400. The monoisotopic (exact) mass is 484 g/mol. The molecule has 3 aromatic heterocycles. The van der Waals surface area contributed by atoms with Crippen LogP contribution in [0.2, 0.25) is 0 Å². The summed E-state index contributed by atoms with van der Waals surface area (Å²) in [6.45, 7) is 5.94. The predicted octanol–water partition coefficient (Wildman–Crippen LogP) is 3.66. The lowest BCUT2D eigenvalue weighted by molar-refractivity contribution is 0.331. The molecule has 2 N–H and O–H groups in total. The van der Waals surface area contributed by atoms with Crippen LogP contribution in [0.3, 0.4) is 0 Å². The third-order valence-corrected chi connectivity index (χ3v) is 7.08. The molecular formula is C27H32N8O. The molecule has 1 aromatic carbocycles. The molecule has 4 aromatic rings. The number of nitrogens with zero attached hydrogens (tertiary/aromatic N) is 6. The Kier molecular flexibility index (Phi) is 5.92. The van der Waals surface area contributed by atoms with Gasteiger partial charge >= 0.3 is 0 Å². The lowest BCUT2D eigenvalue weighted by Crippen LogP contribution is -2.30. The standard InChI is InChI=1S/C27H32N8O/c1-17-26(34(3)9-8-28-2)30-16-31-27(17)35-10-11-36-23-7-6-19(12-21(23)15-35)20-13-22-25(29-14-20)33-24(32-22)18-4-5-18/h6-7,12-14,16,18,28H,4-5,8-11,15H2,1-3H3,(H,29,32,33). The molecule has 0 radical (unpaired) electrons. The number of imidazole rings is 1. The van der Waals surface area contributed by atoms with Crippen LogP contribution < -0.4 is 19.9 Å². The first-order valence-corrected chi connectivity index (χ1v) is 12.6. The van der Waals surface area contributed by atoms with Crippen molar-refractivity contribution in [3.8, 4) is 16.9 Å². The van der Waals surface area contributed by atoms with Crippen molar-refractivity contribution in [2.24, 2.45) is 0 Å². The average molecular weight is 485 g/mol. The molecule has 9 heteroatoms. The number of likely N-dealkylation sites (N-methyl/N-ethyl adjacent to an activating group) is 2. The highest BCUT2D eigenvalue weighted by Crippen LogP contribution is 2.39. The molecule has 1 aliphatic carbocycles. The van der Waals surface area contributed by atoms with Crippen LogP contribution in [0.1, 0.15) is 35.7 Å². The largest absolute Gasteiger partial charge is 0.491 e. The van der Waals surface area contributed by atoms with Gasteiger partial charge in [0, 0.05) is 55.5 Å². The van der Waals surface area contributed by atoms with Crippen molar-refractivity contribution >= 4 is 22.8 Å². The maximum atomic E-state index is 6.13. The summed E-state index contributed by atoms with van der Waals surface area (Å²) in [4.78, 5) is 26.5. The zero-order valence-electron chi connectivity index (χ0n) is 21.1. The van der Waals surface area contributed by atoms with Crippen molar-refractivity contribution in [1.29, 1.82) is 0 Å². The van der Waals surface area contributed by atoms with Crippen LogP contribution >= 0.6 is 0 Å². The van der Waals surface area contributed by atoms with Crippen LogP contribution in [-0.4, -0.2) is 65.3 Å². The van der Waals surface area contributed by atoms with Gasteiger partial charge in [-0.05, 0) is 50.6 Å². The molecule has 0 bridgehead atoms. The van der Waals surface area contributed by atoms with E-state index < -0.39 is 0 Å². The van der Waals surface area contributed by atoms with Crippen LogP contribution in [0.4, 0.5) is 11.6 Å². The fourth-order valence-electron chi connectivity index (χ4n) is 4.90. The summed E-state index contributed by atoms with van der Waals surface area (Å²) in [7, 11) is 4.03. The van der Waals surface area contributed by atoms with Crippen LogP contribution in [0.5, 0.6) is 5.75 Å². The van der Waals surface area contributed by atoms with E-state index in [1.54, 1.807) is 6.33 Å². The van der Waals surface area contributed by atoms with E-state index in [-0.39, 0.29) is 0 Å². The van der Waals surface area contributed by atoms with E-state index in [0.717, 1.165) is 76.3 Å². The quantitative estimate of drug-likeness (QED) is 0.410. The van der Waals surface area contributed by atoms with Crippen LogP contribution in [-0.2, 0) is 6.54 Å². The predicted molar refractivity (Wildman–Crippen MR) is 142 cm³/mol. The van der Waals surface area contributed by atoms with E-state index in [2.05, 4.69) is 78.3 Å². The molecule has 0 amide bonds. The highest BCUT2D eigenvalue weighted by atomic mass is 16.5. The van der Waals surface area contributed by atoms with Crippen molar-refractivity contribution in [3.63, 3.8) is 0 Å². The van der Waals surface area contributed by atoms with Gasteiger partial charge in [0.1, 0.15) is 36.1 Å². The number of aromatic amines is 1. The van der Waals surface area contributed by atoms with Crippen LogP contribution in [0.25, 0.3) is 22.3 Å². The second-order valence-electron chi connectivity index (χ2n) is 9.75. The summed E-state index contributed by atoms with van der Waals surface area (Å²) in [5.74, 6) is 4.47. The summed E-state index contributed by atoms with van der Waals surface area (Å²) < 4.78 is 6.13. The van der Waals surface area contributed by atoms with Gasteiger partial charge in [-0.1, -0.05) is 6.07 Å². The molecule has 1 aliphatic heterocycles. The fraction of sp³-hybridized carbons (Fsp3) is 0.407. The van der Waals surface area contributed by atoms with Gasteiger partial charge in [-0.15, -0.1) is 0 Å². The molecule has 1 fully saturated rings. The molecular weight excluding hydrogens is 452 g/mol. The molecule has 6 rings (SSSR count). The Morgan fingerprint density at radius 3 is 2.89 bits per heavy atom. The van der Waals surface area contributed by atoms with Gasteiger partial charge in [-0.2, -0.15) is 0 Å². The van der Waals surface area contributed by atoms with E-state index in [1.807, 2.05) is 13.2 Å². The van der Waals surface area contributed by atoms with Crippen molar-refractivity contribution in [2.45, 2.75) is 32.2 Å². The Balaban J connectivity index is 1.29. The van der Waals surface area contributed by atoms with Crippen molar-refractivity contribution < 1.29 is 4.74 Å². The molecule has 9 nitrogen and oxygen atoms in total. The van der Waals surface area contributed by atoms with Crippen LogP contribution in [0.15, 0.2) is 36.8 Å². The number of rotatable bonds is 7. The molecule has 0 spiro atoms. The Hall–Kier alpha value is -3.72. The number of pyridine rings is 1. The third-order valence-electron chi connectivity index (χ3n) is 7.08. The average Bonchev–Trinajstić information content (AvgIpc) is 3.69. The molecule has 186 valence electrons. The number of ether oxygens (including phenoxy) is 1. The normalized spacial score (nSPS) is 15.5. The summed E-state index contributed by atoms with van der Waals surface area (Å²) >= 11 is 0. The zero-order valence-corrected chi connectivity index (χ0v) is 21.1. The second-order valence-corrected chi connectivity index (χ2v) is 9.75. The summed E-state index contributed by atoms with van der Waals surface area (Å²) in [6.07, 6.45) is 6.01. The van der Waals surface area contributed by atoms with Gasteiger partial charge in [0.2, 0.25) is 0 Å². The summed E-state index contributed by atoms with van der Waals surface area (Å²) in [5.41, 5.74) is 6.18. The summed E-state index contributed by atoms with van der Waals surface area (Å²) in [5, 5.41) is 3.20. The van der Waals surface area contributed by atoms with E-state index in [9.17, 15) is 0 Å². The number of benzene rings is 1. The van der Waals surface area contributed by atoms with Gasteiger partial charge in [0.15, 0.2) is 5.65 Å². The van der Waals surface area contributed by atoms with Crippen molar-refractivity contribution in [3.05, 3.63) is 53.7 Å². The van der Waals surface area contributed by atoms with Crippen molar-refractivity contribution in [1.82, 2.24) is 30.2 Å². The van der Waals surface area contributed by atoms with E-state index in [0.29, 0.717) is 19.1 Å². The number of nitrogens with one attached hydrogen (secondary N) is 2. The first-order valence-electron chi connectivity index (χ1n) is 12.6. The van der Waals surface area contributed by atoms with Gasteiger partial charge in [-0.25, -0.2) is 19.9 Å². The molecule has 0 saturated heterocycles. The number of anilines is 2. The highest BCUT2D eigenvalue weighted by molar-refractivity contribution is 5.78. The maximum absolute atomic E-state index is 6.13. The van der Waals surface area contributed by atoms with Gasteiger partial charge in [0.25, 0.3) is 0 Å². The molecule has 0 unspecified atom stereocenters. The number of hydrogen-bond donors (Lipinski definition) is 2. The first kappa shape index (κ1) is 22.7. The second kappa shape index (κ2) is 9.39. The van der Waals surface area contributed by atoms with Gasteiger partial charge in [-0.3, -0.25) is 0 Å². The Labute approximate surface area is 211 Å². The van der Waals surface area contributed by atoms with Gasteiger partial charge in [0.05, 0.1) is 12.1 Å². The molecule has 0 atom stereocenters. The molecule has 36 heavy (non-hydrogen) atoms. The third kappa shape index (κ3) is 4.35. The highest BCUT2D eigenvalue weighted by Gasteiger charge is 2.27. The Morgan fingerprint density at radius 1 is 1.17 bits per heavy atom. The molecule has 4 heterocycles. The molecule has 2 aliphatic rings. The minimum absolute atomic E-state index is 0.576. The first-order chi connectivity index (χ1) is 17.6. The number of aromatic nitrogens is 5. The number of fused-ring (bicyclic) bond motifs is 2. The summed E-state index contributed by atoms with van der Waals surface area (Å²) in [6, 6.07) is 8.55. The molecule has 1 saturated carbocycles.